The zero-order chi connectivity index (χ0) is 31.5. The van der Waals surface area contributed by atoms with E-state index in [4.69, 9.17) is 4.74 Å². The Bertz CT molecular complexity index is 1650. The van der Waals surface area contributed by atoms with Crippen LogP contribution in [0.25, 0.3) is 0 Å². The highest BCUT2D eigenvalue weighted by atomic mass is 32.2. The van der Waals surface area contributed by atoms with Crippen molar-refractivity contribution in [3.05, 3.63) is 126 Å². The van der Waals surface area contributed by atoms with Gasteiger partial charge in [-0.1, -0.05) is 85.8 Å². The van der Waals surface area contributed by atoms with Crippen molar-refractivity contribution in [3.8, 4) is 5.75 Å². The Hall–Kier alpha value is -4.63. The van der Waals surface area contributed by atoms with Crippen LogP contribution >= 0.6 is 0 Å². The summed E-state index contributed by atoms with van der Waals surface area (Å²) in [6.07, 6.45) is 0.813. The molecule has 8 nitrogen and oxygen atoms in total. The van der Waals surface area contributed by atoms with Crippen molar-refractivity contribution in [1.29, 1.82) is 0 Å². The van der Waals surface area contributed by atoms with Crippen LogP contribution in [0.15, 0.2) is 114 Å². The molecule has 0 saturated carbocycles. The van der Waals surface area contributed by atoms with E-state index in [1.807, 2.05) is 74.5 Å². The van der Waals surface area contributed by atoms with Crippen molar-refractivity contribution in [3.63, 3.8) is 0 Å². The van der Waals surface area contributed by atoms with Crippen molar-refractivity contribution in [2.45, 2.75) is 44.2 Å². The van der Waals surface area contributed by atoms with E-state index in [1.165, 1.54) is 21.3 Å². The first-order valence-corrected chi connectivity index (χ1v) is 16.1. The van der Waals surface area contributed by atoms with Crippen LogP contribution in [0.2, 0.25) is 0 Å². The molecule has 9 heteroatoms. The number of nitrogens with zero attached hydrogens (tertiary/aromatic N) is 2. The highest BCUT2D eigenvalue weighted by Crippen LogP contribution is 2.28. The third-order valence-corrected chi connectivity index (χ3v) is 9.13. The number of hydrogen-bond acceptors (Lipinski definition) is 5. The van der Waals surface area contributed by atoms with Gasteiger partial charge in [-0.25, -0.2) is 8.42 Å². The zero-order valence-corrected chi connectivity index (χ0v) is 26.2. The maximum atomic E-state index is 14.5. The number of carbonyl (C=O) groups is 2. The minimum atomic E-state index is -4.15. The maximum absolute atomic E-state index is 14.5. The van der Waals surface area contributed by atoms with Gasteiger partial charge in [-0.2, -0.15) is 0 Å². The lowest BCUT2D eigenvalue weighted by molar-refractivity contribution is -0.140. The average Bonchev–Trinajstić information content (AvgIpc) is 3.06. The minimum Gasteiger partial charge on any atom is -0.497 e. The lowest BCUT2D eigenvalue weighted by atomic mass is 10.0. The van der Waals surface area contributed by atoms with Crippen molar-refractivity contribution in [2.24, 2.45) is 0 Å². The van der Waals surface area contributed by atoms with Crippen LogP contribution in [0.5, 0.6) is 5.75 Å². The smallest absolute Gasteiger partial charge is 0.264 e. The monoisotopic (exact) mass is 613 g/mol. The molecule has 0 bridgehead atoms. The lowest BCUT2D eigenvalue weighted by Gasteiger charge is -2.34. The second kappa shape index (κ2) is 15.2. The predicted molar refractivity (Wildman–Crippen MR) is 173 cm³/mol. The van der Waals surface area contributed by atoms with Crippen LogP contribution in [-0.4, -0.2) is 51.4 Å². The molecule has 0 aliphatic carbocycles. The summed E-state index contributed by atoms with van der Waals surface area (Å²) in [5, 5.41) is 2.88. The van der Waals surface area contributed by atoms with Gasteiger partial charge in [0.1, 0.15) is 18.3 Å². The molecular formula is C35H39N3O5S. The third kappa shape index (κ3) is 7.85. The maximum Gasteiger partial charge on any atom is 0.264 e. The van der Waals surface area contributed by atoms with E-state index in [0.29, 0.717) is 24.4 Å². The minimum absolute atomic E-state index is 0.0688. The number of likely N-dealkylation sites (N-methyl/N-ethyl adjacent to an activating group) is 1. The number of hydrogen-bond donors (Lipinski definition) is 1. The molecule has 0 fully saturated rings. The Morgan fingerprint density at radius 1 is 0.818 bits per heavy atom. The molecule has 1 unspecified atom stereocenters. The topological polar surface area (TPSA) is 96.0 Å². The van der Waals surface area contributed by atoms with E-state index in [9.17, 15) is 18.0 Å². The second-order valence-electron chi connectivity index (χ2n) is 10.3. The number of aryl methyl sites for hydroxylation is 1. The molecular weight excluding hydrogens is 574 g/mol. The van der Waals surface area contributed by atoms with Crippen molar-refractivity contribution < 1.29 is 22.7 Å². The largest absolute Gasteiger partial charge is 0.497 e. The van der Waals surface area contributed by atoms with Crippen molar-refractivity contribution in [2.75, 3.05) is 24.5 Å². The van der Waals surface area contributed by atoms with Gasteiger partial charge in [0.15, 0.2) is 0 Å². The molecule has 2 amide bonds. The summed E-state index contributed by atoms with van der Waals surface area (Å²) in [5.41, 5.74) is 2.82. The highest BCUT2D eigenvalue weighted by molar-refractivity contribution is 7.92. The SMILES string of the molecule is CCNC(=O)C(Cc1ccccc1)N(Cc1cccc(OC)c1)C(=O)CN(c1ccccc1CC)S(=O)(=O)c1ccccc1. The fourth-order valence-electron chi connectivity index (χ4n) is 5.10. The van der Waals surface area contributed by atoms with Crippen LogP contribution in [0.4, 0.5) is 5.69 Å². The molecule has 4 aromatic rings. The first-order chi connectivity index (χ1) is 21.3. The van der Waals surface area contributed by atoms with Crippen LogP contribution in [-0.2, 0) is 39.0 Å². The Morgan fingerprint density at radius 3 is 2.11 bits per heavy atom. The molecule has 0 spiro atoms. The number of benzene rings is 4. The molecule has 230 valence electrons. The summed E-state index contributed by atoms with van der Waals surface area (Å²) < 4.78 is 34.9. The second-order valence-corrected chi connectivity index (χ2v) is 12.1. The number of ether oxygens (including phenoxy) is 1. The van der Waals surface area contributed by atoms with Gasteiger partial charge in [-0.05, 0) is 60.4 Å². The molecule has 1 N–H and O–H groups in total. The van der Waals surface area contributed by atoms with Gasteiger partial charge < -0.3 is 15.0 Å². The average molecular weight is 614 g/mol. The molecule has 0 aliphatic heterocycles. The number of rotatable bonds is 14. The third-order valence-electron chi connectivity index (χ3n) is 7.36. The molecule has 0 aromatic heterocycles. The molecule has 0 heterocycles. The van der Waals surface area contributed by atoms with Gasteiger partial charge in [0.05, 0.1) is 17.7 Å². The van der Waals surface area contributed by atoms with Crippen molar-refractivity contribution >= 4 is 27.5 Å². The summed E-state index contributed by atoms with van der Waals surface area (Å²) in [6, 6.07) is 31.1. The molecule has 4 aromatic carbocycles. The van der Waals surface area contributed by atoms with E-state index >= 15 is 0 Å². The van der Waals surface area contributed by atoms with Crippen LogP contribution in [0.1, 0.15) is 30.5 Å². The fraction of sp³-hybridized carbons (Fsp3) is 0.257. The standard InChI is InChI=1S/C35H39N3O5S/c1-4-29-18-12-13-22-32(29)38(44(41,42)31-20-10-7-11-21-31)26-34(39)37(25-28-17-14-19-30(23-28)43-3)33(35(40)36-5-2)24-27-15-8-6-9-16-27/h6-23,33H,4-5,24-26H2,1-3H3,(H,36,40). The number of carbonyl (C=O) groups excluding carboxylic acids is 2. The number of nitrogens with one attached hydrogen (secondary N) is 1. The number of methoxy groups -OCH3 is 1. The molecule has 0 radical (unpaired) electrons. The van der Waals surface area contributed by atoms with E-state index in [1.54, 1.807) is 43.5 Å². The number of amides is 2. The molecule has 44 heavy (non-hydrogen) atoms. The Kier molecular flexibility index (Phi) is 11.2. The van der Waals surface area contributed by atoms with Crippen LogP contribution in [0, 0.1) is 0 Å². The van der Waals surface area contributed by atoms with Gasteiger partial charge in [-0.3, -0.25) is 13.9 Å². The van der Waals surface area contributed by atoms with E-state index in [-0.39, 0.29) is 23.8 Å². The molecule has 4 rings (SSSR count). The van der Waals surface area contributed by atoms with Gasteiger partial charge in [0, 0.05) is 19.5 Å². The molecule has 0 aliphatic rings. The highest BCUT2D eigenvalue weighted by Gasteiger charge is 2.35. The summed E-state index contributed by atoms with van der Waals surface area (Å²) >= 11 is 0. The number of anilines is 1. The normalized spacial score (nSPS) is 11.8. The van der Waals surface area contributed by atoms with Crippen LogP contribution < -0.4 is 14.4 Å². The molecule has 0 saturated heterocycles. The number of para-hydroxylation sites is 1. The van der Waals surface area contributed by atoms with E-state index < -0.39 is 28.5 Å². The number of sulfonamides is 1. The van der Waals surface area contributed by atoms with Crippen LogP contribution in [0.3, 0.4) is 0 Å². The van der Waals surface area contributed by atoms with Gasteiger partial charge >= 0.3 is 0 Å². The van der Waals surface area contributed by atoms with Crippen molar-refractivity contribution in [1.82, 2.24) is 10.2 Å². The molecule has 1 atom stereocenters. The predicted octanol–water partition coefficient (Wildman–Crippen LogP) is 5.23. The van der Waals surface area contributed by atoms with Gasteiger partial charge in [-0.15, -0.1) is 0 Å². The first-order valence-electron chi connectivity index (χ1n) is 14.7. The quantitative estimate of drug-likeness (QED) is 0.210. The van der Waals surface area contributed by atoms with E-state index in [2.05, 4.69) is 5.32 Å². The Balaban J connectivity index is 1.82. The van der Waals surface area contributed by atoms with Gasteiger partial charge in [0.25, 0.3) is 10.0 Å². The first kappa shape index (κ1) is 32.3. The van der Waals surface area contributed by atoms with Gasteiger partial charge in [0.2, 0.25) is 11.8 Å². The zero-order valence-electron chi connectivity index (χ0n) is 25.3. The summed E-state index contributed by atoms with van der Waals surface area (Å²) in [6.45, 7) is 3.71. The fourth-order valence-corrected chi connectivity index (χ4v) is 6.57. The lowest BCUT2D eigenvalue weighted by Crippen LogP contribution is -2.53. The summed E-state index contributed by atoms with van der Waals surface area (Å²) in [7, 11) is -2.59. The van der Waals surface area contributed by atoms with E-state index in [0.717, 1.165) is 16.7 Å². The summed E-state index contributed by atoms with van der Waals surface area (Å²) in [4.78, 5) is 29.7. The Morgan fingerprint density at radius 2 is 1.45 bits per heavy atom. The Labute approximate surface area is 260 Å². The summed E-state index contributed by atoms with van der Waals surface area (Å²) in [5.74, 6) is -0.220.